The summed E-state index contributed by atoms with van der Waals surface area (Å²) in [5.41, 5.74) is 0.168. The Hall–Kier alpha value is -1.89. The molecule has 0 aromatic heterocycles. The van der Waals surface area contributed by atoms with Crippen molar-refractivity contribution in [1.29, 1.82) is 0 Å². The van der Waals surface area contributed by atoms with Gasteiger partial charge in [0.1, 0.15) is 0 Å². The molecule has 0 spiro atoms. The Bertz CT molecular complexity index is 623. The van der Waals surface area contributed by atoms with Crippen molar-refractivity contribution in [2.75, 3.05) is 16.8 Å². The van der Waals surface area contributed by atoms with Crippen LogP contribution in [0, 0.1) is 5.92 Å². The van der Waals surface area contributed by atoms with E-state index in [9.17, 15) is 18.0 Å². The van der Waals surface area contributed by atoms with E-state index in [1.807, 2.05) is 0 Å². The number of sulfone groups is 1. The summed E-state index contributed by atoms with van der Waals surface area (Å²) in [6, 6.07) is 6.01. The molecule has 1 aliphatic heterocycles. The van der Waals surface area contributed by atoms with Gasteiger partial charge in [0, 0.05) is 0 Å². The van der Waals surface area contributed by atoms with E-state index < -0.39 is 27.6 Å². The highest BCUT2D eigenvalue weighted by atomic mass is 32.2. The van der Waals surface area contributed by atoms with E-state index in [1.54, 1.807) is 12.1 Å². The number of hydrogen-bond acceptors (Lipinski definition) is 4. The molecule has 0 saturated carbocycles. The zero-order valence-electron chi connectivity index (χ0n) is 10.00. The minimum Gasteiger partial charge on any atom is -0.478 e. The minimum absolute atomic E-state index is 0.00562. The molecule has 2 N–H and O–H groups in total. The average Bonchev–Trinajstić information content (AvgIpc) is 2.70. The Morgan fingerprint density at radius 2 is 1.95 bits per heavy atom. The normalized spacial score (nSPS) is 20.9. The number of aromatic carboxylic acids is 1. The molecule has 1 unspecified atom stereocenters. The van der Waals surface area contributed by atoms with Gasteiger partial charge in [-0.25, -0.2) is 13.2 Å². The average molecular weight is 283 g/mol. The molecule has 102 valence electrons. The SMILES string of the molecule is O=C(O)c1ccccc1NC(=O)C1CCS(=O)(=O)C1. The maximum absolute atomic E-state index is 11.9. The van der Waals surface area contributed by atoms with E-state index in [4.69, 9.17) is 5.11 Å². The van der Waals surface area contributed by atoms with Gasteiger partial charge in [-0.1, -0.05) is 12.1 Å². The molecular weight excluding hydrogens is 270 g/mol. The number of hydrogen-bond donors (Lipinski definition) is 2. The molecule has 1 amide bonds. The molecular formula is C12H13NO5S. The fraction of sp³-hybridized carbons (Fsp3) is 0.333. The number of carboxylic acids is 1. The van der Waals surface area contributed by atoms with Crippen molar-refractivity contribution in [3.63, 3.8) is 0 Å². The lowest BCUT2D eigenvalue weighted by molar-refractivity contribution is -0.119. The summed E-state index contributed by atoms with van der Waals surface area (Å²) in [5.74, 6) is -2.36. The highest BCUT2D eigenvalue weighted by Gasteiger charge is 2.33. The fourth-order valence-corrected chi connectivity index (χ4v) is 3.76. The summed E-state index contributed by atoms with van der Waals surface area (Å²) >= 11 is 0. The standard InChI is InChI=1S/C12H13NO5S/c14-11(8-5-6-19(17,18)7-8)13-10-4-2-1-3-9(10)12(15)16/h1-4,8H,5-7H2,(H,13,14)(H,15,16). The van der Waals surface area contributed by atoms with Crippen LogP contribution in [0.15, 0.2) is 24.3 Å². The molecule has 2 rings (SSSR count). The lowest BCUT2D eigenvalue weighted by Crippen LogP contribution is -2.24. The summed E-state index contributed by atoms with van der Waals surface area (Å²) in [4.78, 5) is 22.9. The summed E-state index contributed by atoms with van der Waals surface area (Å²) in [6.45, 7) is 0. The Kier molecular flexibility index (Phi) is 3.57. The van der Waals surface area contributed by atoms with Gasteiger partial charge in [0.05, 0.1) is 28.7 Å². The van der Waals surface area contributed by atoms with E-state index in [-0.39, 0.29) is 29.2 Å². The summed E-state index contributed by atoms with van der Waals surface area (Å²) in [6.07, 6.45) is 0.281. The Morgan fingerprint density at radius 1 is 1.26 bits per heavy atom. The zero-order chi connectivity index (χ0) is 14.0. The molecule has 1 heterocycles. The molecule has 1 aromatic carbocycles. The van der Waals surface area contributed by atoms with Gasteiger partial charge in [-0.3, -0.25) is 4.79 Å². The third-order valence-corrected chi connectivity index (χ3v) is 4.79. The Labute approximate surface area is 110 Å². The van der Waals surface area contributed by atoms with Crippen LogP contribution in [-0.4, -0.2) is 36.9 Å². The smallest absolute Gasteiger partial charge is 0.337 e. The summed E-state index contributed by atoms with van der Waals surface area (Å²) in [5, 5.41) is 11.5. The molecule has 1 saturated heterocycles. The molecule has 1 atom stereocenters. The number of benzene rings is 1. The van der Waals surface area contributed by atoms with Crippen LogP contribution in [0.25, 0.3) is 0 Å². The van der Waals surface area contributed by atoms with Gasteiger partial charge in [-0.15, -0.1) is 0 Å². The molecule has 7 heteroatoms. The molecule has 6 nitrogen and oxygen atoms in total. The van der Waals surface area contributed by atoms with Crippen LogP contribution in [0.2, 0.25) is 0 Å². The number of nitrogens with one attached hydrogen (secondary N) is 1. The molecule has 0 radical (unpaired) electrons. The van der Waals surface area contributed by atoms with Gasteiger partial charge in [-0.2, -0.15) is 0 Å². The topological polar surface area (TPSA) is 101 Å². The first-order valence-corrected chi connectivity index (χ1v) is 7.55. The summed E-state index contributed by atoms with van der Waals surface area (Å²) in [7, 11) is -3.14. The van der Waals surface area contributed by atoms with E-state index in [2.05, 4.69) is 5.32 Å². The Morgan fingerprint density at radius 3 is 2.53 bits per heavy atom. The van der Waals surface area contributed by atoms with Crippen LogP contribution in [0.5, 0.6) is 0 Å². The van der Waals surface area contributed by atoms with E-state index in [1.165, 1.54) is 12.1 Å². The van der Waals surface area contributed by atoms with Crippen molar-refractivity contribution in [3.8, 4) is 0 Å². The van der Waals surface area contributed by atoms with Crippen molar-refractivity contribution >= 4 is 27.4 Å². The minimum atomic E-state index is -3.14. The van der Waals surface area contributed by atoms with Gasteiger partial charge < -0.3 is 10.4 Å². The van der Waals surface area contributed by atoms with Gasteiger partial charge in [0.2, 0.25) is 5.91 Å². The van der Waals surface area contributed by atoms with E-state index in [0.717, 1.165) is 0 Å². The third-order valence-electron chi connectivity index (χ3n) is 3.02. The van der Waals surface area contributed by atoms with Crippen molar-refractivity contribution in [2.45, 2.75) is 6.42 Å². The lowest BCUT2D eigenvalue weighted by atomic mass is 10.1. The molecule has 1 aromatic rings. The zero-order valence-corrected chi connectivity index (χ0v) is 10.8. The fourth-order valence-electron chi connectivity index (χ4n) is 2.02. The molecule has 1 aliphatic rings. The first-order chi connectivity index (χ1) is 8.89. The van der Waals surface area contributed by atoms with Gasteiger partial charge in [0.15, 0.2) is 9.84 Å². The number of carbonyl (C=O) groups excluding carboxylic acids is 1. The van der Waals surface area contributed by atoms with Crippen LogP contribution in [0.4, 0.5) is 5.69 Å². The molecule has 1 fully saturated rings. The van der Waals surface area contributed by atoms with Crippen LogP contribution in [-0.2, 0) is 14.6 Å². The summed E-state index contributed by atoms with van der Waals surface area (Å²) < 4.78 is 22.6. The van der Waals surface area contributed by atoms with Gasteiger partial charge in [-0.05, 0) is 18.6 Å². The van der Waals surface area contributed by atoms with Gasteiger partial charge >= 0.3 is 5.97 Å². The molecule has 0 aliphatic carbocycles. The molecule has 19 heavy (non-hydrogen) atoms. The largest absolute Gasteiger partial charge is 0.478 e. The van der Waals surface area contributed by atoms with Crippen molar-refractivity contribution in [2.24, 2.45) is 5.92 Å². The first-order valence-electron chi connectivity index (χ1n) is 5.73. The van der Waals surface area contributed by atoms with Gasteiger partial charge in [0.25, 0.3) is 0 Å². The highest BCUT2D eigenvalue weighted by molar-refractivity contribution is 7.91. The number of rotatable bonds is 3. The third kappa shape index (κ3) is 3.11. The number of carboxylic acid groups (broad SMARTS) is 1. The number of amides is 1. The van der Waals surface area contributed by atoms with E-state index in [0.29, 0.717) is 0 Å². The van der Waals surface area contributed by atoms with E-state index >= 15 is 0 Å². The Balaban J connectivity index is 2.14. The number of para-hydroxylation sites is 1. The predicted molar refractivity (Wildman–Crippen MR) is 68.8 cm³/mol. The first kappa shape index (κ1) is 13.5. The number of anilines is 1. The predicted octanol–water partition coefficient (Wildman–Crippen LogP) is 0.758. The maximum Gasteiger partial charge on any atom is 0.337 e. The highest BCUT2D eigenvalue weighted by Crippen LogP contribution is 2.22. The quantitative estimate of drug-likeness (QED) is 0.852. The van der Waals surface area contributed by atoms with Crippen molar-refractivity contribution < 1.29 is 23.1 Å². The monoisotopic (exact) mass is 283 g/mol. The number of carbonyl (C=O) groups is 2. The van der Waals surface area contributed by atoms with Crippen molar-refractivity contribution in [3.05, 3.63) is 29.8 Å². The second-order valence-corrected chi connectivity index (χ2v) is 6.67. The lowest BCUT2D eigenvalue weighted by Gasteiger charge is -2.11. The maximum atomic E-state index is 11.9. The second-order valence-electron chi connectivity index (χ2n) is 4.44. The second kappa shape index (κ2) is 5.00. The van der Waals surface area contributed by atoms with Crippen LogP contribution >= 0.6 is 0 Å². The van der Waals surface area contributed by atoms with Crippen LogP contribution in [0.1, 0.15) is 16.8 Å². The van der Waals surface area contributed by atoms with Crippen LogP contribution < -0.4 is 5.32 Å². The van der Waals surface area contributed by atoms with Crippen molar-refractivity contribution in [1.82, 2.24) is 0 Å². The molecule has 0 bridgehead atoms. The van der Waals surface area contributed by atoms with Crippen LogP contribution in [0.3, 0.4) is 0 Å².